The molecule has 9 heavy (non-hydrogen) atoms. The van der Waals surface area contributed by atoms with Crippen LogP contribution in [0.3, 0.4) is 0 Å². The predicted molar refractivity (Wildman–Crippen MR) is 45.6 cm³/mol. The monoisotopic (exact) mass is 142 g/mol. The molecule has 0 heterocycles. The van der Waals surface area contributed by atoms with Crippen molar-refractivity contribution < 1.29 is 0 Å². The van der Waals surface area contributed by atoms with E-state index in [1.807, 2.05) is 0 Å². The lowest BCUT2D eigenvalue weighted by molar-refractivity contribution is 0.785. The van der Waals surface area contributed by atoms with Crippen LogP contribution in [0.5, 0.6) is 0 Å². The van der Waals surface area contributed by atoms with Crippen molar-refractivity contribution in [2.75, 3.05) is 0 Å². The van der Waals surface area contributed by atoms with Gasteiger partial charge in [0.2, 0.25) is 0 Å². The van der Waals surface area contributed by atoms with E-state index in [9.17, 15) is 0 Å². The molecule has 0 atom stereocenters. The van der Waals surface area contributed by atoms with Gasteiger partial charge < -0.3 is 0 Å². The highest BCUT2D eigenvalue weighted by atomic mass is 28.3. The molecule has 0 nitrogen and oxygen atoms in total. The fourth-order valence-electron chi connectivity index (χ4n) is 1.78. The van der Waals surface area contributed by atoms with Crippen LogP contribution in [0.25, 0.3) is 0 Å². The second kappa shape index (κ2) is 1.85. The van der Waals surface area contributed by atoms with Crippen LogP contribution in [0.4, 0.5) is 0 Å². The SMILES string of the molecule is CCC1([Si](C)(C)C)CC1. The van der Waals surface area contributed by atoms with Gasteiger partial charge in [0.25, 0.3) is 0 Å². The first-order valence-electron chi connectivity index (χ1n) is 4.02. The Balaban J connectivity index is 2.60. The molecule has 0 bridgehead atoms. The number of hydrogen-bond acceptors (Lipinski definition) is 0. The summed E-state index contributed by atoms with van der Waals surface area (Å²) in [4.78, 5) is 0. The minimum Gasteiger partial charge on any atom is -0.0691 e. The van der Waals surface area contributed by atoms with Crippen LogP contribution >= 0.6 is 0 Å². The van der Waals surface area contributed by atoms with Crippen molar-refractivity contribution in [1.29, 1.82) is 0 Å². The summed E-state index contributed by atoms with van der Waals surface area (Å²) in [5.74, 6) is 0. The molecule has 0 unspecified atom stereocenters. The molecule has 1 heteroatoms. The predicted octanol–water partition coefficient (Wildman–Crippen LogP) is 3.27. The topological polar surface area (TPSA) is 0 Å². The lowest BCUT2D eigenvalue weighted by atomic mass is 10.3. The quantitative estimate of drug-likeness (QED) is 0.519. The zero-order valence-electron chi connectivity index (χ0n) is 7.12. The van der Waals surface area contributed by atoms with Gasteiger partial charge in [0.15, 0.2) is 0 Å². The maximum Gasteiger partial charge on any atom is 0.0505 e. The van der Waals surface area contributed by atoms with Gasteiger partial charge in [0.05, 0.1) is 8.07 Å². The zero-order valence-corrected chi connectivity index (χ0v) is 8.12. The Kier molecular flexibility index (Phi) is 1.50. The normalized spacial score (nSPS) is 24.0. The highest BCUT2D eigenvalue weighted by Crippen LogP contribution is 2.62. The highest BCUT2D eigenvalue weighted by Gasteiger charge is 2.50. The van der Waals surface area contributed by atoms with Crippen LogP contribution in [-0.4, -0.2) is 8.07 Å². The maximum atomic E-state index is 2.50. The van der Waals surface area contributed by atoms with Crippen molar-refractivity contribution in [1.82, 2.24) is 0 Å². The van der Waals surface area contributed by atoms with Gasteiger partial charge in [-0.05, 0) is 17.9 Å². The van der Waals surface area contributed by atoms with Gasteiger partial charge in [-0.2, -0.15) is 0 Å². The molecule has 0 aromatic heterocycles. The van der Waals surface area contributed by atoms with Gasteiger partial charge in [-0.1, -0.05) is 33.0 Å². The van der Waals surface area contributed by atoms with E-state index in [1.165, 1.54) is 19.3 Å². The van der Waals surface area contributed by atoms with E-state index in [2.05, 4.69) is 26.6 Å². The average Bonchev–Trinajstić information content (AvgIpc) is 2.40. The molecular formula is C8H18Si. The Labute approximate surface area is 59.7 Å². The first-order chi connectivity index (χ1) is 4.02. The molecule has 1 aliphatic rings. The minimum atomic E-state index is -0.774. The van der Waals surface area contributed by atoms with Crippen LogP contribution < -0.4 is 0 Å². The molecular weight excluding hydrogens is 124 g/mol. The first kappa shape index (κ1) is 7.33. The van der Waals surface area contributed by atoms with Gasteiger partial charge in [0, 0.05) is 0 Å². The lowest BCUT2D eigenvalue weighted by Crippen LogP contribution is -2.28. The zero-order chi connectivity index (χ0) is 7.12. The Bertz CT molecular complexity index is 106. The second-order valence-corrected chi connectivity index (χ2v) is 9.94. The summed E-state index contributed by atoms with van der Waals surface area (Å²) in [7, 11) is -0.774. The van der Waals surface area contributed by atoms with E-state index in [4.69, 9.17) is 0 Å². The molecule has 0 aliphatic heterocycles. The molecule has 1 rings (SSSR count). The maximum absolute atomic E-state index is 2.50. The second-order valence-electron chi connectivity index (χ2n) is 4.38. The van der Waals surface area contributed by atoms with Crippen molar-refractivity contribution >= 4 is 8.07 Å². The third-order valence-corrected chi connectivity index (χ3v) is 7.16. The van der Waals surface area contributed by atoms with Crippen molar-refractivity contribution in [2.24, 2.45) is 0 Å². The molecule has 0 aromatic carbocycles. The number of hydrogen-bond donors (Lipinski definition) is 0. The smallest absolute Gasteiger partial charge is 0.0505 e. The summed E-state index contributed by atoms with van der Waals surface area (Å²) in [5.41, 5.74) is 0. The van der Waals surface area contributed by atoms with E-state index < -0.39 is 8.07 Å². The average molecular weight is 142 g/mol. The largest absolute Gasteiger partial charge is 0.0691 e. The van der Waals surface area contributed by atoms with Crippen LogP contribution in [0.1, 0.15) is 26.2 Å². The molecule has 0 amide bonds. The van der Waals surface area contributed by atoms with Crippen LogP contribution in [0, 0.1) is 0 Å². The summed E-state index contributed by atoms with van der Waals surface area (Å²) in [6.45, 7) is 9.86. The van der Waals surface area contributed by atoms with Gasteiger partial charge in [-0.15, -0.1) is 0 Å². The van der Waals surface area contributed by atoms with Gasteiger partial charge >= 0.3 is 0 Å². The summed E-state index contributed by atoms with van der Waals surface area (Å²) in [6, 6.07) is 0. The Morgan fingerprint density at radius 3 is 1.67 bits per heavy atom. The van der Waals surface area contributed by atoms with Gasteiger partial charge in [-0.25, -0.2) is 0 Å². The fourth-order valence-corrected chi connectivity index (χ4v) is 4.47. The van der Waals surface area contributed by atoms with Crippen molar-refractivity contribution in [2.45, 2.75) is 50.9 Å². The summed E-state index contributed by atoms with van der Waals surface area (Å²) in [5, 5.41) is 0.868. The molecule has 0 aromatic rings. The Hall–Kier alpha value is 0.217. The van der Waals surface area contributed by atoms with E-state index >= 15 is 0 Å². The summed E-state index contributed by atoms with van der Waals surface area (Å²) >= 11 is 0. The van der Waals surface area contributed by atoms with Crippen LogP contribution in [-0.2, 0) is 0 Å². The van der Waals surface area contributed by atoms with E-state index in [0.717, 1.165) is 5.04 Å². The standard InChI is InChI=1S/C8H18Si/c1-5-8(6-7-8)9(2,3)4/h5-7H2,1-4H3. The molecule has 0 spiro atoms. The third kappa shape index (κ3) is 1.07. The van der Waals surface area contributed by atoms with Gasteiger partial charge in [-0.3, -0.25) is 0 Å². The van der Waals surface area contributed by atoms with Crippen LogP contribution in [0.15, 0.2) is 0 Å². The summed E-state index contributed by atoms with van der Waals surface area (Å²) < 4.78 is 0. The van der Waals surface area contributed by atoms with E-state index in [0.29, 0.717) is 0 Å². The van der Waals surface area contributed by atoms with E-state index in [-0.39, 0.29) is 0 Å². The molecule has 0 saturated heterocycles. The molecule has 1 saturated carbocycles. The number of rotatable bonds is 2. The van der Waals surface area contributed by atoms with E-state index in [1.54, 1.807) is 0 Å². The first-order valence-corrected chi connectivity index (χ1v) is 7.52. The summed E-state index contributed by atoms with van der Waals surface area (Å²) in [6.07, 6.45) is 4.49. The Morgan fingerprint density at radius 1 is 1.22 bits per heavy atom. The van der Waals surface area contributed by atoms with Crippen molar-refractivity contribution in [3.05, 3.63) is 0 Å². The van der Waals surface area contributed by atoms with Crippen LogP contribution in [0.2, 0.25) is 24.7 Å². The van der Waals surface area contributed by atoms with Crippen molar-refractivity contribution in [3.63, 3.8) is 0 Å². The molecule has 0 N–H and O–H groups in total. The molecule has 0 radical (unpaired) electrons. The molecule has 1 fully saturated rings. The minimum absolute atomic E-state index is 0.774. The Morgan fingerprint density at radius 2 is 1.67 bits per heavy atom. The third-order valence-electron chi connectivity index (χ3n) is 3.12. The van der Waals surface area contributed by atoms with Gasteiger partial charge in [0.1, 0.15) is 0 Å². The lowest BCUT2D eigenvalue weighted by Gasteiger charge is -2.27. The molecule has 1 aliphatic carbocycles. The van der Waals surface area contributed by atoms with Crippen molar-refractivity contribution in [3.8, 4) is 0 Å². The fraction of sp³-hybridized carbons (Fsp3) is 1.00. The highest BCUT2D eigenvalue weighted by molar-refractivity contribution is 6.80. The molecule has 54 valence electrons.